The van der Waals surface area contributed by atoms with Crippen LogP contribution in [0.25, 0.3) is 0 Å². The number of nitrogens with zero attached hydrogens (tertiary/aromatic N) is 1. The average molecular weight is 259 g/mol. The summed E-state index contributed by atoms with van der Waals surface area (Å²) >= 11 is 26.7. The van der Waals surface area contributed by atoms with E-state index in [1.807, 2.05) is 0 Å². The van der Waals surface area contributed by atoms with Gasteiger partial charge in [-0.2, -0.15) is 0 Å². The van der Waals surface area contributed by atoms with Crippen LogP contribution in [0.3, 0.4) is 0 Å². The van der Waals surface area contributed by atoms with E-state index in [2.05, 4.69) is 0 Å². The lowest BCUT2D eigenvalue weighted by atomic mass is 10.6. The largest absolute Gasteiger partial charge is 0.317 e. The van der Waals surface area contributed by atoms with Crippen LogP contribution in [0, 0.1) is 0 Å². The third kappa shape index (κ3) is 3.90. The first-order valence-electron chi connectivity index (χ1n) is 2.40. The predicted molar refractivity (Wildman–Crippen MR) is 48.9 cm³/mol. The van der Waals surface area contributed by atoms with Crippen LogP contribution in [0.15, 0.2) is 0 Å². The standard InChI is InChI=1S/C4H4Cl5NO/c1-10(3(6)11)2(5)4(7,8)9/h2H,1H3. The number of carbonyl (C=O) groups excluding carboxylic acids is 1. The van der Waals surface area contributed by atoms with Gasteiger partial charge in [0.2, 0.25) is 3.79 Å². The molecule has 1 unspecified atom stereocenters. The summed E-state index contributed by atoms with van der Waals surface area (Å²) in [6.07, 6.45) is 0. The lowest BCUT2D eigenvalue weighted by Crippen LogP contribution is -2.38. The van der Waals surface area contributed by atoms with Gasteiger partial charge in [-0.3, -0.25) is 4.79 Å². The topological polar surface area (TPSA) is 20.3 Å². The first-order valence-corrected chi connectivity index (χ1v) is 4.34. The van der Waals surface area contributed by atoms with E-state index in [0.717, 1.165) is 4.90 Å². The summed E-state index contributed by atoms with van der Waals surface area (Å²) in [6, 6.07) is 0. The smallest absolute Gasteiger partial charge is 0.312 e. The molecule has 66 valence electrons. The summed E-state index contributed by atoms with van der Waals surface area (Å²) in [4.78, 5) is 11.4. The minimum atomic E-state index is -1.74. The maximum Gasteiger partial charge on any atom is 0.317 e. The molecule has 1 atom stereocenters. The minimum Gasteiger partial charge on any atom is -0.312 e. The molecule has 0 N–H and O–H groups in total. The summed E-state index contributed by atoms with van der Waals surface area (Å²) in [7, 11) is 1.33. The molecule has 0 aromatic rings. The fraction of sp³-hybridized carbons (Fsp3) is 0.750. The van der Waals surface area contributed by atoms with Gasteiger partial charge in [0.05, 0.1) is 0 Å². The normalized spacial score (nSPS) is 14.4. The summed E-state index contributed by atoms with van der Waals surface area (Å²) < 4.78 is -1.74. The van der Waals surface area contributed by atoms with Gasteiger partial charge in [-0.25, -0.2) is 0 Å². The van der Waals surface area contributed by atoms with Gasteiger partial charge in [0.15, 0.2) is 5.50 Å². The molecular formula is C4H4Cl5NO. The molecule has 0 saturated carbocycles. The second-order valence-electron chi connectivity index (χ2n) is 1.74. The number of amides is 1. The zero-order chi connectivity index (χ0) is 9.23. The molecule has 1 amide bonds. The van der Waals surface area contributed by atoms with Crippen LogP contribution < -0.4 is 0 Å². The molecule has 0 radical (unpaired) electrons. The molecule has 0 rings (SSSR count). The molecule has 0 aromatic heterocycles. The SMILES string of the molecule is CN(C(=O)Cl)C(Cl)C(Cl)(Cl)Cl. The van der Waals surface area contributed by atoms with Gasteiger partial charge in [-0.1, -0.05) is 46.4 Å². The predicted octanol–water partition coefficient (Wildman–Crippen LogP) is 3.21. The molecule has 0 bridgehead atoms. The van der Waals surface area contributed by atoms with Crippen molar-refractivity contribution in [1.29, 1.82) is 0 Å². The molecule has 2 nitrogen and oxygen atoms in total. The van der Waals surface area contributed by atoms with Crippen LogP contribution in [0.4, 0.5) is 4.79 Å². The Balaban J connectivity index is 4.25. The van der Waals surface area contributed by atoms with E-state index >= 15 is 0 Å². The van der Waals surface area contributed by atoms with Crippen molar-refractivity contribution in [2.45, 2.75) is 9.29 Å². The van der Waals surface area contributed by atoms with Crippen LogP contribution >= 0.6 is 58.0 Å². The zero-order valence-electron chi connectivity index (χ0n) is 5.32. The van der Waals surface area contributed by atoms with Gasteiger partial charge in [-0.15, -0.1) is 0 Å². The summed E-state index contributed by atoms with van der Waals surface area (Å²) in [6.45, 7) is 0. The third-order valence-corrected chi connectivity index (χ3v) is 2.73. The highest BCUT2D eigenvalue weighted by Crippen LogP contribution is 2.35. The Morgan fingerprint density at radius 2 is 1.82 bits per heavy atom. The average Bonchev–Trinajstić information content (AvgIpc) is 1.82. The summed E-state index contributed by atoms with van der Waals surface area (Å²) in [5, 5.41) is -0.781. The maximum absolute atomic E-state index is 10.5. The summed E-state index contributed by atoms with van der Waals surface area (Å²) in [5.74, 6) is 0. The van der Waals surface area contributed by atoms with Crippen molar-refractivity contribution in [2.24, 2.45) is 0 Å². The molecule has 0 aliphatic carbocycles. The van der Waals surface area contributed by atoms with Gasteiger partial charge < -0.3 is 4.90 Å². The van der Waals surface area contributed by atoms with Crippen molar-refractivity contribution in [1.82, 2.24) is 4.90 Å². The highest BCUT2D eigenvalue weighted by atomic mass is 35.6. The minimum absolute atomic E-state index is 0.781. The van der Waals surface area contributed by atoms with Crippen molar-refractivity contribution in [2.75, 3.05) is 7.05 Å². The molecule has 11 heavy (non-hydrogen) atoms. The number of halogens is 5. The van der Waals surface area contributed by atoms with Crippen molar-refractivity contribution in [3.8, 4) is 0 Å². The van der Waals surface area contributed by atoms with Crippen LogP contribution in [0.1, 0.15) is 0 Å². The third-order valence-electron chi connectivity index (χ3n) is 0.887. The molecule has 0 heterocycles. The quantitative estimate of drug-likeness (QED) is 0.402. The van der Waals surface area contributed by atoms with Crippen LogP contribution in [-0.4, -0.2) is 26.6 Å². The van der Waals surface area contributed by atoms with E-state index in [0.29, 0.717) is 0 Å². The van der Waals surface area contributed by atoms with Crippen molar-refractivity contribution < 1.29 is 4.79 Å². The zero-order valence-corrected chi connectivity index (χ0v) is 9.10. The van der Waals surface area contributed by atoms with Crippen LogP contribution in [-0.2, 0) is 0 Å². The molecule has 0 spiro atoms. The van der Waals surface area contributed by atoms with E-state index in [1.54, 1.807) is 0 Å². The Morgan fingerprint density at radius 1 is 1.45 bits per heavy atom. The van der Waals surface area contributed by atoms with E-state index in [1.165, 1.54) is 7.05 Å². The number of rotatable bonds is 1. The molecule has 0 aliphatic heterocycles. The number of hydrogen-bond acceptors (Lipinski definition) is 1. The highest BCUT2D eigenvalue weighted by Gasteiger charge is 2.35. The Hall–Kier alpha value is 0.920. The van der Waals surface area contributed by atoms with Crippen LogP contribution in [0.2, 0.25) is 0 Å². The second kappa shape index (κ2) is 4.24. The van der Waals surface area contributed by atoms with Gasteiger partial charge in [-0.05, 0) is 11.6 Å². The molecular weight excluding hydrogens is 255 g/mol. The maximum atomic E-state index is 10.5. The Kier molecular flexibility index (Phi) is 4.59. The molecule has 7 heteroatoms. The lowest BCUT2D eigenvalue weighted by Gasteiger charge is -2.25. The van der Waals surface area contributed by atoms with Gasteiger partial charge in [0.1, 0.15) is 0 Å². The Labute approximate surface area is 89.3 Å². The van der Waals surface area contributed by atoms with E-state index in [9.17, 15) is 4.79 Å². The summed E-state index contributed by atoms with van der Waals surface area (Å²) in [5.41, 5.74) is -1.07. The fourth-order valence-corrected chi connectivity index (χ4v) is 0.984. The molecule has 0 saturated heterocycles. The van der Waals surface area contributed by atoms with E-state index < -0.39 is 14.7 Å². The number of alkyl halides is 4. The Bertz CT molecular complexity index is 155. The van der Waals surface area contributed by atoms with Crippen molar-refractivity contribution in [3.05, 3.63) is 0 Å². The van der Waals surface area contributed by atoms with E-state index in [4.69, 9.17) is 58.0 Å². The highest BCUT2D eigenvalue weighted by molar-refractivity contribution is 6.70. The Morgan fingerprint density at radius 3 is 1.91 bits per heavy atom. The lowest BCUT2D eigenvalue weighted by molar-refractivity contribution is 0.228. The van der Waals surface area contributed by atoms with E-state index in [-0.39, 0.29) is 0 Å². The molecule has 0 aromatic carbocycles. The van der Waals surface area contributed by atoms with Gasteiger partial charge in [0.25, 0.3) is 0 Å². The van der Waals surface area contributed by atoms with Crippen molar-refractivity contribution >= 4 is 63.4 Å². The first-order chi connectivity index (χ1) is 4.76. The number of carbonyl (C=O) groups is 1. The second-order valence-corrected chi connectivity index (χ2v) is 4.85. The molecule has 0 aliphatic rings. The van der Waals surface area contributed by atoms with Crippen LogP contribution in [0.5, 0.6) is 0 Å². The fourth-order valence-electron chi connectivity index (χ4n) is 0.309. The first kappa shape index (κ1) is 11.9. The molecule has 0 fully saturated rings. The monoisotopic (exact) mass is 257 g/mol. The van der Waals surface area contributed by atoms with Crippen molar-refractivity contribution in [3.63, 3.8) is 0 Å². The van der Waals surface area contributed by atoms with Gasteiger partial charge in [0, 0.05) is 7.05 Å². The van der Waals surface area contributed by atoms with Gasteiger partial charge >= 0.3 is 5.37 Å². The number of hydrogen-bond donors (Lipinski definition) is 0.